The van der Waals surface area contributed by atoms with Gasteiger partial charge in [-0.2, -0.15) is 0 Å². The van der Waals surface area contributed by atoms with Crippen molar-refractivity contribution in [3.8, 4) is 5.88 Å². The van der Waals surface area contributed by atoms with Crippen LogP contribution in [0, 0.1) is 0 Å². The first-order valence-electron chi connectivity index (χ1n) is 6.18. The molecule has 0 amide bonds. The molecule has 0 atom stereocenters. The van der Waals surface area contributed by atoms with Crippen LogP contribution < -0.4 is 15.2 Å². The Bertz CT molecular complexity index is 436. The highest BCUT2D eigenvalue weighted by Crippen LogP contribution is 2.26. The minimum absolute atomic E-state index is 0.0889. The van der Waals surface area contributed by atoms with Crippen LogP contribution in [0.25, 0.3) is 0 Å². The lowest BCUT2D eigenvalue weighted by molar-refractivity contribution is 0.316. The maximum Gasteiger partial charge on any atom is 0.268 e. The minimum atomic E-state index is -0.0889. The molecule has 2 heterocycles. The summed E-state index contributed by atoms with van der Waals surface area (Å²) in [5.41, 5.74) is 0.753. The minimum Gasteiger partial charge on any atom is -0.475 e. The van der Waals surface area contributed by atoms with E-state index in [0.717, 1.165) is 18.8 Å². The van der Waals surface area contributed by atoms with Gasteiger partial charge in [0.05, 0.1) is 6.61 Å². The van der Waals surface area contributed by atoms with Gasteiger partial charge in [-0.3, -0.25) is 4.79 Å². The smallest absolute Gasteiger partial charge is 0.268 e. The quantitative estimate of drug-likeness (QED) is 0.791. The van der Waals surface area contributed by atoms with Gasteiger partial charge in [-0.1, -0.05) is 0 Å². The summed E-state index contributed by atoms with van der Waals surface area (Å²) in [6, 6.07) is 1.63. The van der Waals surface area contributed by atoms with Crippen LogP contribution in [0.5, 0.6) is 5.88 Å². The molecule has 1 aromatic heterocycles. The number of nitrogens with zero attached hydrogens (tertiary/aromatic N) is 3. The average molecular weight is 237 g/mol. The average Bonchev–Trinajstić information content (AvgIpc) is 2.35. The summed E-state index contributed by atoms with van der Waals surface area (Å²) in [6.07, 6.45) is 3.60. The molecule has 0 N–H and O–H groups in total. The van der Waals surface area contributed by atoms with Gasteiger partial charge in [0.1, 0.15) is 5.69 Å². The lowest BCUT2D eigenvalue weighted by Gasteiger charge is -2.29. The van der Waals surface area contributed by atoms with Gasteiger partial charge in [0.2, 0.25) is 0 Å². The predicted octanol–water partition coefficient (Wildman–Crippen LogP) is 1.17. The Morgan fingerprint density at radius 1 is 1.35 bits per heavy atom. The molecule has 0 saturated carbocycles. The Balaban J connectivity index is 2.35. The fourth-order valence-electron chi connectivity index (χ4n) is 2.11. The molecule has 1 aliphatic rings. The van der Waals surface area contributed by atoms with Gasteiger partial charge in [0.25, 0.3) is 11.4 Å². The monoisotopic (exact) mass is 237 g/mol. The second-order valence-corrected chi connectivity index (χ2v) is 4.28. The fourth-order valence-corrected chi connectivity index (χ4v) is 2.11. The highest BCUT2D eigenvalue weighted by molar-refractivity contribution is 5.54. The molecule has 17 heavy (non-hydrogen) atoms. The standard InChI is InChI=1S/C12H19N3O2/c1-3-17-12-10(9-11(16)14(2)13-12)15-7-5-4-6-8-15/h9H,3-8H2,1-2H3. The van der Waals surface area contributed by atoms with Crippen LogP contribution in [0.3, 0.4) is 0 Å². The summed E-state index contributed by atoms with van der Waals surface area (Å²) in [6.45, 7) is 4.45. The molecule has 0 unspecified atom stereocenters. The zero-order valence-corrected chi connectivity index (χ0v) is 10.5. The van der Waals surface area contributed by atoms with Crippen LogP contribution in [0.1, 0.15) is 26.2 Å². The van der Waals surface area contributed by atoms with Crippen molar-refractivity contribution in [3.63, 3.8) is 0 Å². The number of aromatic nitrogens is 2. The predicted molar refractivity (Wildman–Crippen MR) is 66.7 cm³/mol. The Morgan fingerprint density at radius 3 is 2.71 bits per heavy atom. The number of hydrogen-bond acceptors (Lipinski definition) is 4. The Morgan fingerprint density at radius 2 is 2.06 bits per heavy atom. The van der Waals surface area contributed by atoms with Crippen LogP contribution in [0.2, 0.25) is 0 Å². The lowest BCUT2D eigenvalue weighted by Crippen LogP contribution is -2.32. The number of piperidine rings is 1. The zero-order chi connectivity index (χ0) is 12.3. The number of ether oxygens (including phenoxy) is 1. The van der Waals surface area contributed by atoms with Crippen LogP contribution >= 0.6 is 0 Å². The van der Waals surface area contributed by atoms with Gasteiger partial charge in [-0.05, 0) is 26.2 Å². The summed E-state index contributed by atoms with van der Waals surface area (Å²) in [5, 5.41) is 4.18. The van der Waals surface area contributed by atoms with Gasteiger partial charge in [-0.15, -0.1) is 5.10 Å². The third kappa shape index (κ3) is 2.60. The third-order valence-electron chi connectivity index (χ3n) is 3.02. The molecule has 1 aromatic rings. The Kier molecular flexibility index (Phi) is 3.66. The van der Waals surface area contributed by atoms with Crippen molar-refractivity contribution in [1.82, 2.24) is 9.78 Å². The van der Waals surface area contributed by atoms with E-state index in [0.29, 0.717) is 12.5 Å². The highest BCUT2D eigenvalue weighted by atomic mass is 16.5. The topological polar surface area (TPSA) is 47.4 Å². The first kappa shape index (κ1) is 12.0. The molecular weight excluding hydrogens is 218 g/mol. The molecule has 0 bridgehead atoms. The van der Waals surface area contributed by atoms with Crippen molar-refractivity contribution >= 4 is 5.69 Å². The number of hydrogen-bond donors (Lipinski definition) is 0. The molecule has 2 rings (SSSR count). The van der Waals surface area contributed by atoms with Crippen LogP contribution in [0.4, 0.5) is 5.69 Å². The van der Waals surface area contributed by atoms with E-state index < -0.39 is 0 Å². The largest absolute Gasteiger partial charge is 0.475 e. The molecular formula is C12H19N3O2. The van der Waals surface area contributed by atoms with Crippen molar-refractivity contribution in [1.29, 1.82) is 0 Å². The van der Waals surface area contributed by atoms with E-state index >= 15 is 0 Å². The summed E-state index contributed by atoms with van der Waals surface area (Å²) < 4.78 is 6.83. The molecule has 0 aromatic carbocycles. The lowest BCUT2D eigenvalue weighted by atomic mass is 10.1. The number of rotatable bonds is 3. The van der Waals surface area contributed by atoms with Gasteiger partial charge >= 0.3 is 0 Å². The molecule has 1 saturated heterocycles. The van der Waals surface area contributed by atoms with Crippen LogP contribution in [-0.2, 0) is 7.05 Å². The maximum atomic E-state index is 11.7. The second-order valence-electron chi connectivity index (χ2n) is 4.28. The molecule has 0 aliphatic carbocycles. The van der Waals surface area contributed by atoms with E-state index in [2.05, 4.69) is 10.00 Å². The van der Waals surface area contributed by atoms with Crippen molar-refractivity contribution in [2.75, 3.05) is 24.6 Å². The first-order valence-corrected chi connectivity index (χ1v) is 6.18. The van der Waals surface area contributed by atoms with Crippen LogP contribution in [0.15, 0.2) is 10.9 Å². The van der Waals surface area contributed by atoms with E-state index in [1.165, 1.54) is 23.9 Å². The fraction of sp³-hybridized carbons (Fsp3) is 0.667. The molecule has 0 radical (unpaired) electrons. The van der Waals surface area contributed by atoms with Crippen molar-refractivity contribution in [3.05, 3.63) is 16.4 Å². The maximum absolute atomic E-state index is 11.7. The normalized spacial score (nSPS) is 16.0. The van der Waals surface area contributed by atoms with Gasteiger partial charge in [0.15, 0.2) is 0 Å². The molecule has 94 valence electrons. The van der Waals surface area contributed by atoms with Gasteiger partial charge in [-0.25, -0.2) is 4.68 Å². The molecule has 1 fully saturated rings. The van der Waals surface area contributed by atoms with Crippen molar-refractivity contribution in [2.24, 2.45) is 7.05 Å². The molecule has 5 nitrogen and oxygen atoms in total. The third-order valence-corrected chi connectivity index (χ3v) is 3.02. The van der Waals surface area contributed by atoms with Gasteiger partial charge < -0.3 is 9.64 Å². The molecule has 0 spiro atoms. The van der Waals surface area contributed by atoms with E-state index in [1.807, 2.05) is 6.92 Å². The highest BCUT2D eigenvalue weighted by Gasteiger charge is 2.17. The summed E-state index contributed by atoms with van der Waals surface area (Å²) in [7, 11) is 1.64. The summed E-state index contributed by atoms with van der Waals surface area (Å²) in [4.78, 5) is 13.9. The van der Waals surface area contributed by atoms with Gasteiger partial charge in [0, 0.05) is 26.2 Å². The second kappa shape index (κ2) is 5.21. The van der Waals surface area contributed by atoms with Crippen LogP contribution in [-0.4, -0.2) is 29.5 Å². The Labute approximate surface area is 101 Å². The number of aryl methyl sites for hydroxylation is 1. The van der Waals surface area contributed by atoms with Crippen molar-refractivity contribution < 1.29 is 4.74 Å². The van der Waals surface area contributed by atoms with E-state index in [4.69, 9.17) is 4.74 Å². The van der Waals surface area contributed by atoms with E-state index in [-0.39, 0.29) is 5.56 Å². The summed E-state index contributed by atoms with van der Waals surface area (Å²) >= 11 is 0. The molecule has 1 aliphatic heterocycles. The SMILES string of the molecule is CCOc1nn(C)c(=O)cc1N1CCCCC1. The first-order chi connectivity index (χ1) is 8.22. The molecule has 5 heteroatoms. The zero-order valence-electron chi connectivity index (χ0n) is 10.5. The summed E-state index contributed by atoms with van der Waals surface area (Å²) in [5.74, 6) is 0.566. The van der Waals surface area contributed by atoms with E-state index in [1.54, 1.807) is 13.1 Å². The number of anilines is 1. The van der Waals surface area contributed by atoms with E-state index in [9.17, 15) is 4.79 Å². The van der Waals surface area contributed by atoms with Crippen molar-refractivity contribution in [2.45, 2.75) is 26.2 Å². The Hall–Kier alpha value is -1.52.